The molecule has 0 amide bonds. The Morgan fingerprint density at radius 2 is 2.11 bits per heavy atom. The number of rotatable bonds is 8. The second kappa shape index (κ2) is 7.46. The Hall–Kier alpha value is -0.120. The van der Waals surface area contributed by atoms with Gasteiger partial charge in [0.1, 0.15) is 0 Å². The van der Waals surface area contributed by atoms with Gasteiger partial charge < -0.3 is 10.1 Å². The summed E-state index contributed by atoms with van der Waals surface area (Å²) in [4.78, 5) is 2.64. The van der Waals surface area contributed by atoms with Crippen LogP contribution in [0.3, 0.4) is 0 Å². The first kappa shape index (κ1) is 14.3. The van der Waals surface area contributed by atoms with Crippen molar-refractivity contribution in [3.63, 3.8) is 0 Å². The van der Waals surface area contributed by atoms with Crippen molar-refractivity contribution in [1.82, 2.24) is 10.2 Å². The summed E-state index contributed by atoms with van der Waals surface area (Å²) in [6.45, 7) is 6.77. The second-order valence-corrected chi connectivity index (χ2v) is 6.16. The van der Waals surface area contributed by atoms with Crippen LogP contribution >= 0.6 is 0 Å². The van der Waals surface area contributed by atoms with E-state index in [1.165, 1.54) is 51.6 Å². The number of hydrogen-bond donors (Lipinski definition) is 1. The van der Waals surface area contributed by atoms with Gasteiger partial charge in [0.2, 0.25) is 0 Å². The SMILES string of the molecule is COCCN(CC1CCCN1)C(C)CC1CCC1. The van der Waals surface area contributed by atoms with Crippen LogP contribution in [0.4, 0.5) is 0 Å². The number of nitrogens with one attached hydrogen (secondary N) is 1. The van der Waals surface area contributed by atoms with E-state index in [4.69, 9.17) is 4.74 Å². The number of hydrogen-bond acceptors (Lipinski definition) is 3. The second-order valence-electron chi connectivity index (χ2n) is 6.16. The Labute approximate surface area is 112 Å². The lowest BCUT2D eigenvalue weighted by Crippen LogP contribution is -2.44. The first-order valence-electron chi connectivity index (χ1n) is 7.76. The molecule has 2 fully saturated rings. The van der Waals surface area contributed by atoms with Crippen LogP contribution in [0.15, 0.2) is 0 Å². The van der Waals surface area contributed by atoms with Crippen molar-refractivity contribution < 1.29 is 4.74 Å². The highest BCUT2D eigenvalue weighted by atomic mass is 16.5. The summed E-state index contributed by atoms with van der Waals surface area (Å²) >= 11 is 0. The zero-order valence-electron chi connectivity index (χ0n) is 12.2. The lowest BCUT2D eigenvalue weighted by atomic mass is 9.81. The molecule has 2 atom stereocenters. The number of nitrogens with zero attached hydrogens (tertiary/aromatic N) is 1. The van der Waals surface area contributed by atoms with Gasteiger partial charge in [-0.1, -0.05) is 19.3 Å². The fraction of sp³-hybridized carbons (Fsp3) is 1.00. The van der Waals surface area contributed by atoms with Gasteiger partial charge in [-0.15, -0.1) is 0 Å². The molecule has 0 aromatic heterocycles. The smallest absolute Gasteiger partial charge is 0.0589 e. The van der Waals surface area contributed by atoms with E-state index in [2.05, 4.69) is 17.1 Å². The van der Waals surface area contributed by atoms with Gasteiger partial charge in [0.05, 0.1) is 6.61 Å². The minimum absolute atomic E-state index is 0.714. The van der Waals surface area contributed by atoms with E-state index in [0.717, 1.165) is 19.1 Å². The molecular formula is C15H30N2O. The van der Waals surface area contributed by atoms with Gasteiger partial charge in [-0.2, -0.15) is 0 Å². The monoisotopic (exact) mass is 254 g/mol. The lowest BCUT2D eigenvalue weighted by Gasteiger charge is -2.36. The maximum Gasteiger partial charge on any atom is 0.0589 e. The Bertz CT molecular complexity index is 225. The fourth-order valence-electron chi connectivity index (χ4n) is 3.26. The van der Waals surface area contributed by atoms with Gasteiger partial charge in [0.15, 0.2) is 0 Å². The Balaban J connectivity index is 1.77. The Kier molecular flexibility index (Phi) is 5.93. The topological polar surface area (TPSA) is 24.5 Å². The Morgan fingerprint density at radius 1 is 1.28 bits per heavy atom. The largest absolute Gasteiger partial charge is 0.383 e. The fourth-order valence-corrected chi connectivity index (χ4v) is 3.26. The zero-order chi connectivity index (χ0) is 12.8. The van der Waals surface area contributed by atoms with Gasteiger partial charge >= 0.3 is 0 Å². The summed E-state index contributed by atoms with van der Waals surface area (Å²) in [5, 5.41) is 3.62. The molecule has 0 bridgehead atoms. The van der Waals surface area contributed by atoms with Gasteiger partial charge in [-0.25, -0.2) is 0 Å². The molecule has 1 heterocycles. The summed E-state index contributed by atoms with van der Waals surface area (Å²) in [6, 6.07) is 1.43. The van der Waals surface area contributed by atoms with E-state index in [1.807, 2.05) is 7.11 Å². The van der Waals surface area contributed by atoms with Crippen LogP contribution in [-0.4, -0.2) is 50.3 Å². The molecule has 1 saturated heterocycles. The predicted molar refractivity (Wildman–Crippen MR) is 75.9 cm³/mol. The summed E-state index contributed by atoms with van der Waals surface area (Å²) in [5.41, 5.74) is 0. The molecule has 18 heavy (non-hydrogen) atoms. The van der Waals surface area contributed by atoms with Gasteiger partial charge in [0, 0.05) is 32.3 Å². The maximum absolute atomic E-state index is 5.27. The van der Waals surface area contributed by atoms with E-state index >= 15 is 0 Å². The highest BCUT2D eigenvalue weighted by Crippen LogP contribution is 2.31. The molecule has 106 valence electrons. The molecule has 0 spiro atoms. The third-order valence-electron chi connectivity index (χ3n) is 4.72. The zero-order valence-corrected chi connectivity index (χ0v) is 12.2. The molecule has 2 rings (SSSR count). The van der Waals surface area contributed by atoms with Crippen LogP contribution in [-0.2, 0) is 4.74 Å². The van der Waals surface area contributed by atoms with Crippen molar-refractivity contribution in [2.24, 2.45) is 5.92 Å². The highest BCUT2D eigenvalue weighted by Gasteiger charge is 2.25. The quantitative estimate of drug-likeness (QED) is 0.719. The van der Waals surface area contributed by atoms with Gasteiger partial charge in [-0.3, -0.25) is 4.90 Å². The van der Waals surface area contributed by atoms with Gasteiger partial charge in [0.25, 0.3) is 0 Å². The molecule has 1 N–H and O–H groups in total. The van der Waals surface area contributed by atoms with Crippen molar-refractivity contribution in [1.29, 1.82) is 0 Å². The van der Waals surface area contributed by atoms with Crippen molar-refractivity contribution in [2.75, 3.05) is 33.4 Å². The van der Waals surface area contributed by atoms with E-state index in [9.17, 15) is 0 Å². The third kappa shape index (κ3) is 4.22. The van der Waals surface area contributed by atoms with Crippen LogP contribution in [0.25, 0.3) is 0 Å². The molecule has 2 aliphatic rings. The van der Waals surface area contributed by atoms with Crippen LogP contribution in [0, 0.1) is 5.92 Å². The van der Waals surface area contributed by atoms with Crippen LogP contribution in [0.2, 0.25) is 0 Å². The minimum atomic E-state index is 0.714. The minimum Gasteiger partial charge on any atom is -0.383 e. The molecule has 2 unspecified atom stereocenters. The predicted octanol–water partition coefficient (Wildman–Crippen LogP) is 2.27. The summed E-state index contributed by atoms with van der Waals surface area (Å²) in [5.74, 6) is 1.00. The molecule has 3 nitrogen and oxygen atoms in total. The molecule has 1 aliphatic carbocycles. The van der Waals surface area contributed by atoms with Crippen LogP contribution < -0.4 is 5.32 Å². The average Bonchev–Trinajstić information content (AvgIpc) is 2.81. The highest BCUT2D eigenvalue weighted by molar-refractivity contribution is 4.82. The molecule has 1 aliphatic heterocycles. The van der Waals surface area contributed by atoms with E-state index < -0.39 is 0 Å². The molecule has 1 saturated carbocycles. The van der Waals surface area contributed by atoms with Crippen LogP contribution in [0.1, 0.15) is 45.4 Å². The first-order valence-corrected chi connectivity index (χ1v) is 7.76. The summed E-state index contributed by atoms with van der Waals surface area (Å²) in [6.07, 6.45) is 8.46. The standard InChI is InChI=1S/C15H30N2O/c1-13(11-14-5-3-6-14)17(9-10-18-2)12-15-7-4-8-16-15/h13-16H,3-12H2,1-2H3. The third-order valence-corrected chi connectivity index (χ3v) is 4.72. The number of methoxy groups -OCH3 is 1. The van der Waals surface area contributed by atoms with E-state index in [1.54, 1.807) is 0 Å². The Morgan fingerprint density at radius 3 is 2.67 bits per heavy atom. The normalized spacial score (nSPS) is 26.5. The summed E-state index contributed by atoms with van der Waals surface area (Å²) in [7, 11) is 1.81. The molecular weight excluding hydrogens is 224 g/mol. The first-order chi connectivity index (χ1) is 8.79. The van der Waals surface area contributed by atoms with E-state index in [-0.39, 0.29) is 0 Å². The van der Waals surface area contributed by atoms with Gasteiger partial charge in [-0.05, 0) is 38.6 Å². The van der Waals surface area contributed by atoms with Crippen molar-refractivity contribution in [3.05, 3.63) is 0 Å². The molecule has 0 aromatic carbocycles. The average molecular weight is 254 g/mol. The van der Waals surface area contributed by atoms with Crippen molar-refractivity contribution in [3.8, 4) is 0 Å². The van der Waals surface area contributed by atoms with Crippen molar-refractivity contribution >= 4 is 0 Å². The van der Waals surface area contributed by atoms with Crippen molar-refractivity contribution in [2.45, 2.75) is 57.5 Å². The maximum atomic E-state index is 5.27. The molecule has 0 radical (unpaired) electrons. The van der Waals surface area contributed by atoms with Crippen LogP contribution in [0.5, 0.6) is 0 Å². The lowest BCUT2D eigenvalue weighted by molar-refractivity contribution is 0.0987. The molecule has 0 aromatic rings. The number of ether oxygens (including phenoxy) is 1. The summed E-state index contributed by atoms with van der Waals surface area (Å²) < 4.78 is 5.27. The molecule has 3 heteroatoms. The van der Waals surface area contributed by atoms with E-state index in [0.29, 0.717) is 12.1 Å².